The van der Waals surface area contributed by atoms with E-state index in [1.807, 2.05) is 6.92 Å². The average Bonchev–Trinajstić information content (AvgIpc) is 2.92. The van der Waals surface area contributed by atoms with Gasteiger partial charge in [-0.1, -0.05) is 42.0 Å². The number of esters is 1. The highest BCUT2D eigenvalue weighted by Gasteiger charge is 2.53. The van der Waals surface area contributed by atoms with Gasteiger partial charge in [0.2, 0.25) is 6.04 Å². The number of nitrogens with zero attached hydrogens (tertiary/aromatic N) is 2. The Morgan fingerprint density at radius 1 is 1.00 bits per heavy atom. The number of carbonyl (C=O) groups excluding carboxylic acids is 1. The van der Waals surface area contributed by atoms with Crippen LogP contribution in [0.5, 0.6) is 11.5 Å². The maximum atomic E-state index is 14.3. The number of methoxy groups -OCH3 is 2. The van der Waals surface area contributed by atoms with Crippen LogP contribution >= 0.6 is 0 Å². The second-order valence-electron chi connectivity index (χ2n) is 9.12. The first-order valence-electron chi connectivity index (χ1n) is 12.3. The molecule has 0 bridgehead atoms. The van der Waals surface area contributed by atoms with Crippen molar-refractivity contribution >= 4 is 21.7 Å². The molecule has 0 saturated carbocycles. The predicted molar refractivity (Wildman–Crippen MR) is 144 cm³/mol. The first kappa shape index (κ1) is 27.9. The van der Waals surface area contributed by atoms with Crippen molar-refractivity contribution in [2.75, 3.05) is 25.1 Å². The van der Waals surface area contributed by atoms with Gasteiger partial charge in [-0.25, -0.2) is 8.42 Å². The first-order chi connectivity index (χ1) is 18.6. The van der Waals surface area contributed by atoms with Crippen LogP contribution in [-0.4, -0.2) is 46.2 Å². The second-order valence-corrected chi connectivity index (χ2v) is 10.9. The van der Waals surface area contributed by atoms with Crippen molar-refractivity contribution in [3.05, 3.63) is 93.5 Å². The number of hydrogen-bond donors (Lipinski definition) is 0. The van der Waals surface area contributed by atoms with Gasteiger partial charge in [-0.3, -0.25) is 19.2 Å². The second kappa shape index (κ2) is 11.3. The number of sulfonamides is 1. The molecule has 1 aliphatic heterocycles. The van der Waals surface area contributed by atoms with Crippen molar-refractivity contribution < 1.29 is 32.3 Å². The summed E-state index contributed by atoms with van der Waals surface area (Å²) in [5.74, 6) is -0.903. The monoisotopic (exact) mass is 554 g/mol. The largest absolute Gasteiger partial charge is 0.493 e. The van der Waals surface area contributed by atoms with Crippen molar-refractivity contribution in [3.63, 3.8) is 0 Å². The number of anilines is 1. The molecule has 0 spiro atoms. The standard InChI is InChI=1S/C28H30N2O8S/c1-5-38-26(31)17-22-21-8-6-7-9-23(21)29(39(34,35)20-13-10-18(2)11-14-20)27(28(22)30(32)33)19-12-15-24(36-3)25(16-19)37-4/h6-16,22,27-28H,5,17H2,1-4H3/t22-,27-,28+/m1/s1. The van der Waals surface area contributed by atoms with E-state index in [1.165, 1.54) is 32.4 Å². The topological polar surface area (TPSA) is 125 Å². The van der Waals surface area contributed by atoms with E-state index in [9.17, 15) is 23.3 Å². The van der Waals surface area contributed by atoms with Crippen molar-refractivity contribution in [3.8, 4) is 11.5 Å². The summed E-state index contributed by atoms with van der Waals surface area (Å²) in [7, 11) is -1.43. The summed E-state index contributed by atoms with van der Waals surface area (Å²) in [4.78, 5) is 24.9. The highest BCUT2D eigenvalue weighted by atomic mass is 32.2. The highest BCUT2D eigenvalue weighted by Crippen LogP contribution is 2.50. The quantitative estimate of drug-likeness (QED) is 0.213. The molecule has 0 aromatic heterocycles. The minimum atomic E-state index is -4.31. The molecule has 3 aromatic rings. The van der Waals surface area contributed by atoms with Crippen LogP contribution in [0.4, 0.5) is 5.69 Å². The van der Waals surface area contributed by atoms with Crippen LogP contribution in [0.15, 0.2) is 71.6 Å². The number of ether oxygens (including phenoxy) is 3. The Bertz CT molecular complexity index is 1470. The van der Waals surface area contributed by atoms with E-state index in [0.717, 1.165) is 9.87 Å². The van der Waals surface area contributed by atoms with Crippen LogP contribution < -0.4 is 13.8 Å². The lowest BCUT2D eigenvalue weighted by Gasteiger charge is -2.42. The third-order valence-electron chi connectivity index (χ3n) is 6.82. The number of aryl methyl sites for hydroxylation is 1. The summed E-state index contributed by atoms with van der Waals surface area (Å²) in [6.07, 6.45) is -0.293. The lowest BCUT2D eigenvalue weighted by Crippen LogP contribution is -2.50. The third kappa shape index (κ3) is 5.26. The molecule has 1 aliphatic rings. The Hall–Kier alpha value is -4.12. The van der Waals surface area contributed by atoms with Crippen LogP contribution in [0.2, 0.25) is 0 Å². The summed E-state index contributed by atoms with van der Waals surface area (Å²) in [6, 6.07) is 14.7. The predicted octanol–water partition coefficient (Wildman–Crippen LogP) is 4.64. The lowest BCUT2D eigenvalue weighted by molar-refractivity contribution is -0.531. The van der Waals surface area contributed by atoms with Crippen LogP contribution in [0.3, 0.4) is 0 Å². The third-order valence-corrected chi connectivity index (χ3v) is 8.63. The minimum Gasteiger partial charge on any atom is -0.493 e. The molecule has 11 heteroatoms. The summed E-state index contributed by atoms with van der Waals surface area (Å²) in [5.41, 5.74) is 1.81. The first-order valence-corrected chi connectivity index (χ1v) is 13.8. The number of carbonyl (C=O) groups is 1. The molecule has 10 nitrogen and oxygen atoms in total. The molecule has 3 atom stereocenters. The van der Waals surface area contributed by atoms with Crippen molar-refractivity contribution in [1.82, 2.24) is 0 Å². The maximum Gasteiger partial charge on any atom is 0.306 e. The smallest absolute Gasteiger partial charge is 0.306 e. The molecule has 39 heavy (non-hydrogen) atoms. The Kier molecular flexibility index (Phi) is 8.10. The Morgan fingerprint density at radius 2 is 1.67 bits per heavy atom. The van der Waals surface area contributed by atoms with Crippen molar-refractivity contribution in [1.29, 1.82) is 0 Å². The maximum absolute atomic E-state index is 14.3. The summed E-state index contributed by atoms with van der Waals surface area (Å²) >= 11 is 0. The Morgan fingerprint density at radius 3 is 2.28 bits per heavy atom. The van der Waals surface area contributed by atoms with Gasteiger partial charge in [0.1, 0.15) is 6.04 Å². The van der Waals surface area contributed by atoms with E-state index in [2.05, 4.69) is 0 Å². The molecule has 0 amide bonds. The fourth-order valence-corrected chi connectivity index (χ4v) is 6.74. The zero-order valence-corrected chi connectivity index (χ0v) is 22.9. The number of fused-ring (bicyclic) bond motifs is 1. The molecule has 0 N–H and O–H groups in total. The number of rotatable bonds is 9. The molecule has 0 radical (unpaired) electrons. The van der Waals surface area contributed by atoms with Crippen LogP contribution in [0.25, 0.3) is 0 Å². The molecule has 0 aliphatic carbocycles. The lowest BCUT2D eigenvalue weighted by atomic mass is 9.78. The summed E-state index contributed by atoms with van der Waals surface area (Å²) < 4.78 is 45.6. The molecular formula is C28H30N2O8S. The van der Waals surface area contributed by atoms with E-state index in [4.69, 9.17) is 14.2 Å². The molecule has 0 saturated heterocycles. The van der Waals surface area contributed by atoms with Gasteiger partial charge >= 0.3 is 5.97 Å². The highest BCUT2D eigenvalue weighted by molar-refractivity contribution is 7.92. The van der Waals surface area contributed by atoms with Crippen LogP contribution in [0, 0.1) is 17.0 Å². The van der Waals surface area contributed by atoms with E-state index < -0.39 is 38.9 Å². The zero-order valence-electron chi connectivity index (χ0n) is 22.1. The number of para-hydroxylation sites is 1. The minimum absolute atomic E-state index is 0.0145. The Labute approximate surface area is 227 Å². The zero-order chi connectivity index (χ0) is 28.3. The number of nitro groups is 1. The van der Waals surface area contributed by atoms with Gasteiger partial charge < -0.3 is 14.2 Å². The number of benzene rings is 3. The molecule has 0 unspecified atom stereocenters. The molecule has 206 valence electrons. The van der Waals surface area contributed by atoms with E-state index in [1.54, 1.807) is 55.5 Å². The van der Waals surface area contributed by atoms with Gasteiger partial charge in [-0.15, -0.1) is 0 Å². The van der Waals surface area contributed by atoms with Gasteiger partial charge in [0, 0.05) is 4.92 Å². The van der Waals surface area contributed by atoms with Crippen molar-refractivity contribution in [2.24, 2.45) is 0 Å². The summed E-state index contributed by atoms with van der Waals surface area (Å²) in [5, 5.41) is 12.8. The van der Waals surface area contributed by atoms with E-state index in [0.29, 0.717) is 16.9 Å². The fraction of sp³-hybridized carbons (Fsp3) is 0.321. The van der Waals surface area contributed by atoms with Gasteiger partial charge in [0.05, 0.1) is 43.7 Å². The molecule has 3 aromatic carbocycles. The molecule has 0 fully saturated rings. The van der Waals surface area contributed by atoms with Crippen LogP contribution in [0.1, 0.15) is 42.0 Å². The SMILES string of the molecule is CCOC(=O)C[C@@H]1c2ccccc2N(S(=O)(=O)c2ccc(C)cc2)[C@H](c2ccc(OC)c(OC)c2)[C@H]1[N+](=O)[O-]. The molecule has 4 rings (SSSR count). The number of hydrogen-bond acceptors (Lipinski definition) is 8. The van der Waals surface area contributed by atoms with Gasteiger partial charge in [0.15, 0.2) is 11.5 Å². The van der Waals surface area contributed by atoms with Crippen molar-refractivity contribution in [2.45, 2.75) is 43.2 Å². The van der Waals surface area contributed by atoms with Crippen LogP contribution in [-0.2, 0) is 19.6 Å². The van der Waals surface area contributed by atoms with E-state index >= 15 is 0 Å². The molecule has 1 heterocycles. The van der Waals surface area contributed by atoms with Gasteiger partial charge in [0.25, 0.3) is 10.0 Å². The Balaban J connectivity index is 2.03. The average molecular weight is 555 g/mol. The normalized spacial score (nSPS) is 18.7. The van der Waals surface area contributed by atoms with Gasteiger partial charge in [-0.2, -0.15) is 0 Å². The fourth-order valence-electron chi connectivity index (χ4n) is 5.06. The van der Waals surface area contributed by atoms with Gasteiger partial charge in [-0.05, 0) is 55.3 Å². The summed E-state index contributed by atoms with van der Waals surface area (Å²) in [6.45, 7) is 3.60. The molecular weight excluding hydrogens is 524 g/mol. The van der Waals surface area contributed by atoms with E-state index in [-0.39, 0.29) is 29.4 Å².